The molecule has 0 bridgehead atoms. The zero-order valence-electron chi connectivity index (χ0n) is 20.5. The lowest BCUT2D eigenvalue weighted by molar-refractivity contribution is -0.137. The summed E-state index contributed by atoms with van der Waals surface area (Å²) < 4.78 is 0. The summed E-state index contributed by atoms with van der Waals surface area (Å²) in [6.45, 7) is 2.05. The van der Waals surface area contributed by atoms with Crippen molar-refractivity contribution in [2.75, 3.05) is 0 Å². The van der Waals surface area contributed by atoms with Gasteiger partial charge in [-0.3, -0.25) is 4.79 Å². The number of hydrogen-bond donors (Lipinski definition) is 2. The number of aliphatic hydroxyl groups is 1. The Morgan fingerprint density at radius 2 is 1.45 bits per heavy atom. The predicted molar refractivity (Wildman–Crippen MR) is 139 cm³/mol. The molecule has 0 heterocycles. The Kier molecular flexibility index (Phi) is 22.7. The molecule has 0 radical (unpaired) electrons. The molecule has 0 saturated carbocycles. The smallest absolute Gasteiger partial charge is 0.303 e. The number of aliphatic carboxylic acids is 1. The van der Waals surface area contributed by atoms with Crippen LogP contribution in [0.25, 0.3) is 0 Å². The summed E-state index contributed by atoms with van der Waals surface area (Å²) in [5.74, 6) is -0.691. The van der Waals surface area contributed by atoms with Gasteiger partial charge in [0.05, 0.1) is 11.8 Å². The van der Waals surface area contributed by atoms with Crippen LogP contribution in [0.5, 0.6) is 0 Å². The number of aliphatic hydroxyl groups excluding tert-OH is 1. The van der Waals surface area contributed by atoms with Crippen LogP contribution in [-0.4, -0.2) is 22.3 Å². The van der Waals surface area contributed by atoms with E-state index in [0.29, 0.717) is 31.4 Å². The van der Waals surface area contributed by atoms with Crippen LogP contribution in [0.1, 0.15) is 103 Å². The van der Waals surface area contributed by atoms with E-state index in [1.807, 2.05) is 31.2 Å². The van der Waals surface area contributed by atoms with E-state index in [4.69, 9.17) is 5.11 Å². The van der Waals surface area contributed by atoms with Crippen LogP contribution in [0, 0.1) is 4.91 Å². The molecule has 186 valence electrons. The Balaban J connectivity index is 3.70. The van der Waals surface area contributed by atoms with Gasteiger partial charge in [0.2, 0.25) is 0 Å². The molecule has 2 N–H and O–H groups in total. The maximum atomic E-state index is 10.9. The van der Waals surface area contributed by atoms with Crippen molar-refractivity contribution in [3.8, 4) is 0 Å². The lowest BCUT2D eigenvalue weighted by atomic mass is 10.1. The first-order valence-electron chi connectivity index (χ1n) is 12.6. The zero-order chi connectivity index (χ0) is 24.4. The third-order valence-corrected chi connectivity index (χ3v) is 5.22. The van der Waals surface area contributed by atoms with E-state index in [2.05, 4.69) is 35.6 Å². The molecular weight excluding hydrogens is 414 g/mol. The average molecular weight is 460 g/mol. The average Bonchev–Trinajstić information content (AvgIpc) is 2.79. The third-order valence-electron chi connectivity index (χ3n) is 5.22. The van der Waals surface area contributed by atoms with Crippen molar-refractivity contribution in [2.24, 2.45) is 5.18 Å². The van der Waals surface area contributed by atoms with Gasteiger partial charge in [-0.05, 0) is 56.5 Å². The van der Waals surface area contributed by atoms with Crippen molar-refractivity contribution in [3.63, 3.8) is 0 Å². The highest BCUT2D eigenvalue weighted by molar-refractivity contribution is 5.66. The van der Waals surface area contributed by atoms with Crippen molar-refractivity contribution >= 4 is 5.97 Å². The second-order valence-corrected chi connectivity index (χ2v) is 8.33. The fourth-order valence-corrected chi connectivity index (χ4v) is 3.31. The first kappa shape index (κ1) is 30.7. The van der Waals surface area contributed by atoms with Gasteiger partial charge in [-0.25, -0.2) is 0 Å². The summed E-state index contributed by atoms with van der Waals surface area (Å²) in [7, 11) is 0. The van der Waals surface area contributed by atoms with Gasteiger partial charge < -0.3 is 10.2 Å². The number of carbonyl (C=O) groups is 1. The molecule has 0 fully saturated rings. The summed E-state index contributed by atoms with van der Waals surface area (Å²) in [6.07, 6.45) is 31.6. The molecule has 0 rings (SSSR count). The molecule has 0 aliphatic rings. The third kappa shape index (κ3) is 24.2. The minimum absolute atomic E-state index is 0.291. The van der Waals surface area contributed by atoms with Gasteiger partial charge in [-0.1, -0.05) is 93.7 Å². The maximum Gasteiger partial charge on any atom is 0.303 e. The summed E-state index contributed by atoms with van der Waals surface area (Å²) in [4.78, 5) is 21.3. The van der Waals surface area contributed by atoms with Gasteiger partial charge in [0, 0.05) is 12.8 Å². The van der Waals surface area contributed by atoms with E-state index in [0.717, 1.165) is 51.4 Å². The van der Waals surface area contributed by atoms with Crippen molar-refractivity contribution < 1.29 is 15.0 Å². The first-order valence-corrected chi connectivity index (χ1v) is 12.6. The monoisotopic (exact) mass is 459 g/mol. The Morgan fingerprint density at radius 1 is 0.818 bits per heavy atom. The van der Waals surface area contributed by atoms with Crippen LogP contribution < -0.4 is 0 Å². The standard InChI is InChI=1S/C28H45NO4/c1-2-21-27(30)24-20-23-26(29-33)22-18-16-14-12-10-8-6-4-3-5-7-9-11-13-15-17-19-25-28(31)32/h3,5-6,8,12,14,16,18,23,27,30H,2,4,7,9-11,13,15,17,19-22,24-25H2,1H3,(H,31,32)/b5-3?,8-6?,14-12-,18-16-,26-23+. The topological polar surface area (TPSA) is 87.0 Å². The molecule has 0 aromatic rings. The molecule has 0 aromatic heterocycles. The minimum atomic E-state index is -0.691. The summed E-state index contributed by atoms with van der Waals surface area (Å²) in [5.41, 5.74) is 0.519. The van der Waals surface area contributed by atoms with Crippen molar-refractivity contribution in [1.82, 2.24) is 0 Å². The second kappa shape index (κ2) is 24.4. The molecule has 0 amide bonds. The Morgan fingerprint density at radius 3 is 2.15 bits per heavy atom. The highest BCUT2D eigenvalue weighted by Crippen LogP contribution is 2.11. The normalized spacial score (nSPS) is 13.7. The van der Waals surface area contributed by atoms with Gasteiger partial charge in [0.25, 0.3) is 0 Å². The Bertz CT molecular complexity index is 632. The second-order valence-electron chi connectivity index (χ2n) is 8.33. The Hall–Kier alpha value is -2.27. The Labute approximate surface area is 201 Å². The number of rotatable bonds is 22. The molecule has 5 nitrogen and oxygen atoms in total. The van der Waals surface area contributed by atoms with E-state index < -0.39 is 5.97 Å². The van der Waals surface area contributed by atoms with Crippen LogP contribution in [0.15, 0.2) is 65.6 Å². The molecule has 0 aliphatic carbocycles. The molecule has 0 spiro atoms. The van der Waals surface area contributed by atoms with Crippen molar-refractivity contribution in [1.29, 1.82) is 0 Å². The van der Waals surface area contributed by atoms with Crippen LogP contribution in [0.3, 0.4) is 0 Å². The zero-order valence-corrected chi connectivity index (χ0v) is 20.5. The molecular formula is C28H45NO4. The fourth-order valence-electron chi connectivity index (χ4n) is 3.31. The summed E-state index contributed by atoms with van der Waals surface area (Å²) in [5, 5.41) is 21.4. The van der Waals surface area contributed by atoms with E-state index in [1.165, 1.54) is 19.3 Å². The van der Waals surface area contributed by atoms with Crippen molar-refractivity contribution in [3.05, 3.63) is 65.3 Å². The quantitative estimate of drug-likeness (QED) is 0.0739. The van der Waals surface area contributed by atoms with Gasteiger partial charge in [-0.2, -0.15) is 0 Å². The predicted octanol–water partition coefficient (Wildman–Crippen LogP) is 8.18. The molecule has 0 aromatic carbocycles. The number of hydrogen-bond acceptors (Lipinski definition) is 4. The molecule has 0 saturated heterocycles. The van der Waals surface area contributed by atoms with Crippen molar-refractivity contribution in [2.45, 2.75) is 109 Å². The van der Waals surface area contributed by atoms with E-state index in [1.54, 1.807) is 0 Å². The van der Waals surface area contributed by atoms with Crippen LogP contribution in [-0.2, 0) is 4.79 Å². The largest absolute Gasteiger partial charge is 0.481 e. The number of allylic oxidation sites excluding steroid dienone is 9. The summed E-state index contributed by atoms with van der Waals surface area (Å²) in [6, 6.07) is 0. The van der Waals surface area contributed by atoms with Crippen LogP contribution >= 0.6 is 0 Å². The van der Waals surface area contributed by atoms with Gasteiger partial charge in [0.15, 0.2) is 0 Å². The van der Waals surface area contributed by atoms with Gasteiger partial charge in [-0.15, -0.1) is 4.91 Å². The van der Waals surface area contributed by atoms with Crippen LogP contribution in [0.4, 0.5) is 0 Å². The van der Waals surface area contributed by atoms with Gasteiger partial charge in [0.1, 0.15) is 0 Å². The van der Waals surface area contributed by atoms with E-state index >= 15 is 0 Å². The van der Waals surface area contributed by atoms with Gasteiger partial charge >= 0.3 is 5.97 Å². The minimum Gasteiger partial charge on any atom is -0.481 e. The van der Waals surface area contributed by atoms with E-state index in [9.17, 15) is 14.8 Å². The number of nitrogens with zero attached hydrogens (tertiary/aromatic N) is 1. The number of unbranched alkanes of at least 4 members (excludes halogenated alkanes) is 6. The van der Waals surface area contributed by atoms with Crippen LogP contribution in [0.2, 0.25) is 0 Å². The lowest BCUT2D eigenvalue weighted by Crippen LogP contribution is -2.04. The maximum absolute atomic E-state index is 10.9. The SMILES string of the molecule is CCCC(O)CC/C=C(\C/C=C\C=C/CC=CCC=CCCCCCCCCC(=O)O)N=O. The molecule has 5 heteroatoms. The molecule has 0 aliphatic heterocycles. The number of nitroso groups, excluding NO2 is 1. The molecule has 1 atom stereocenters. The first-order chi connectivity index (χ1) is 16.1. The highest BCUT2D eigenvalue weighted by atomic mass is 16.4. The molecule has 33 heavy (non-hydrogen) atoms. The summed E-state index contributed by atoms with van der Waals surface area (Å²) >= 11 is 0. The lowest BCUT2D eigenvalue weighted by Gasteiger charge is -2.06. The number of carboxylic acids is 1. The fraction of sp³-hybridized carbons (Fsp3) is 0.607. The number of carboxylic acid groups (broad SMARTS) is 1. The highest BCUT2D eigenvalue weighted by Gasteiger charge is 2.01. The molecule has 1 unspecified atom stereocenters. The van der Waals surface area contributed by atoms with E-state index in [-0.39, 0.29) is 6.10 Å².